The summed E-state index contributed by atoms with van der Waals surface area (Å²) in [6.45, 7) is 0.934. The molecule has 3 rings (SSSR count). The van der Waals surface area contributed by atoms with Crippen LogP contribution in [-0.4, -0.2) is 35.2 Å². The van der Waals surface area contributed by atoms with Gasteiger partial charge in [-0.2, -0.15) is 0 Å². The van der Waals surface area contributed by atoms with Crippen LogP contribution in [0.2, 0.25) is 0 Å². The highest BCUT2D eigenvalue weighted by Crippen LogP contribution is 2.25. The van der Waals surface area contributed by atoms with Crippen LogP contribution in [-0.2, 0) is 0 Å². The van der Waals surface area contributed by atoms with E-state index in [-0.39, 0.29) is 6.04 Å². The van der Waals surface area contributed by atoms with Gasteiger partial charge in [0.15, 0.2) is 5.11 Å². The van der Waals surface area contributed by atoms with Crippen molar-refractivity contribution >= 4 is 40.5 Å². The first-order valence-corrected chi connectivity index (χ1v) is 8.97. The Morgan fingerprint density at radius 3 is 2.27 bits per heavy atom. The third kappa shape index (κ3) is 4.86. The van der Waals surface area contributed by atoms with E-state index in [1.165, 1.54) is 4.90 Å². The number of piperidine rings is 1. The summed E-state index contributed by atoms with van der Waals surface area (Å²) in [5, 5.41) is 21.3. The highest BCUT2D eigenvalue weighted by Gasteiger charge is 2.19. The lowest BCUT2D eigenvalue weighted by atomic mass is 10.1. The molecular formula is C19H21N4O2S-. The molecule has 2 aromatic carbocycles. The van der Waals surface area contributed by atoms with Gasteiger partial charge in [-0.15, -0.1) is 0 Å². The van der Waals surface area contributed by atoms with Gasteiger partial charge < -0.3 is 30.8 Å². The quantitative estimate of drug-likeness (QED) is 0.719. The van der Waals surface area contributed by atoms with Crippen LogP contribution in [0.4, 0.5) is 21.9 Å². The maximum Gasteiger partial charge on any atom is 0.171 e. The number of hydrogen-bond acceptors (Lipinski definition) is 4. The van der Waals surface area contributed by atoms with Gasteiger partial charge in [0.1, 0.15) is 6.09 Å². The summed E-state index contributed by atoms with van der Waals surface area (Å²) in [5.41, 5.74) is 2.80. The number of thiocarbonyl (C=S) groups is 1. The van der Waals surface area contributed by atoms with E-state index in [2.05, 4.69) is 16.0 Å². The second-order valence-electron chi connectivity index (χ2n) is 6.16. The molecule has 0 atom stereocenters. The Hall–Kier alpha value is -2.80. The highest BCUT2D eigenvalue weighted by molar-refractivity contribution is 7.80. The van der Waals surface area contributed by atoms with Gasteiger partial charge >= 0.3 is 0 Å². The first-order chi connectivity index (χ1) is 12.6. The van der Waals surface area contributed by atoms with Crippen LogP contribution >= 0.6 is 12.2 Å². The Balaban J connectivity index is 1.57. The predicted molar refractivity (Wildman–Crippen MR) is 106 cm³/mol. The SMILES string of the molecule is O=C([O-])N1CCC(NC(=S)Nc2ccccc2Nc2ccccc2)CC1. The van der Waals surface area contributed by atoms with Crippen molar-refractivity contribution in [2.75, 3.05) is 23.7 Å². The van der Waals surface area contributed by atoms with Gasteiger partial charge in [-0.3, -0.25) is 0 Å². The molecule has 1 aliphatic heterocycles. The molecule has 136 valence electrons. The lowest BCUT2D eigenvalue weighted by molar-refractivity contribution is -0.266. The van der Waals surface area contributed by atoms with Crippen LogP contribution < -0.4 is 21.1 Å². The number of para-hydroxylation sites is 3. The number of carboxylic acid groups (broad SMARTS) is 1. The normalized spacial score (nSPS) is 14.5. The van der Waals surface area contributed by atoms with E-state index in [1.54, 1.807) is 0 Å². The molecule has 0 aromatic heterocycles. The number of anilines is 3. The molecule has 1 heterocycles. The Morgan fingerprint density at radius 1 is 1.00 bits per heavy atom. The summed E-state index contributed by atoms with van der Waals surface area (Å²) >= 11 is 5.43. The van der Waals surface area contributed by atoms with Crippen molar-refractivity contribution in [2.45, 2.75) is 18.9 Å². The zero-order chi connectivity index (χ0) is 18.4. The van der Waals surface area contributed by atoms with Crippen molar-refractivity contribution in [1.29, 1.82) is 0 Å². The summed E-state index contributed by atoms with van der Waals surface area (Å²) in [6.07, 6.45) is 0.310. The van der Waals surface area contributed by atoms with Crippen LogP contribution in [0, 0.1) is 0 Å². The third-order valence-corrected chi connectivity index (χ3v) is 4.54. The van der Waals surface area contributed by atoms with Crippen molar-refractivity contribution in [3.05, 3.63) is 54.6 Å². The van der Waals surface area contributed by atoms with Crippen molar-refractivity contribution in [3.8, 4) is 0 Å². The monoisotopic (exact) mass is 369 g/mol. The van der Waals surface area contributed by atoms with Gasteiger partial charge in [0.2, 0.25) is 0 Å². The van der Waals surface area contributed by atoms with Crippen molar-refractivity contribution in [2.24, 2.45) is 0 Å². The molecule has 0 aliphatic carbocycles. The van der Waals surface area contributed by atoms with Crippen LogP contribution in [0.15, 0.2) is 54.6 Å². The summed E-state index contributed by atoms with van der Waals surface area (Å²) in [5.74, 6) is 0. The van der Waals surface area contributed by atoms with Gasteiger partial charge in [0.25, 0.3) is 0 Å². The topological polar surface area (TPSA) is 79.5 Å². The van der Waals surface area contributed by atoms with Crippen molar-refractivity contribution < 1.29 is 9.90 Å². The highest BCUT2D eigenvalue weighted by atomic mass is 32.1. The molecule has 3 N–H and O–H groups in total. The van der Waals surface area contributed by atoms with E-state index in [4.69, 9.17) is 12.2 Å². The summed E-state index contributed by atoms with van der Waals surface area (Å²) in [4.78, 5) is 12.2. The number of hydrogen-bond donors (Lipinski definition) is 3. The minimum Gasteiger partial charge on any atom is -0.530 e. The zero-order valence-electron chi connectivity index (χ0n) is 14.3. The summed E-state index contributed by atoms with van der Waals surface area (Å²) < 4.78 is 0. The van der Waals surface area contributed by atoms with Crippen LogP contribution in [0.5, 0.6) is 0 Å². The Labute approximate surface area is 158 Å². The number of rotatable bonds is 4. The number of nitrogens with zero attached hydrogens (tertiary/aromatic N) is 1. The lowest BCUT2D eigenvalue weighted by Crippen LogP contribution is -2.50. The van der Waals surface area contributed by atoms with Gasteiger partial charge in [0, 0.05) is 24.8 Å². The smallest absolute Gasteiger partial charge is 0.171 e. The molecule has 2 aromatic rings. The molecule has 1 saturated heterocycles. The number of carbonyl (C=O) groups is 1. The van der Waals surface area contributed by atoms with Crippen LogP contribution in [0.25, 0.3) is 0 Å². The molecule has 1 fully saturated rings. The van der Waals surface area contributed by atoms with Crippen molar-refractivity contribution in [3.63, 3.8) is 0 Å². The Morgan fingerprint density at radius 2 is 1.62 bits per heavy atom. The number of nitrogens with one attached hydrogen (secondary N) is 3. The summed E-state index contributed by atoms with van der Waals surface area (Å²) in [7, 11) is 0. The minimum absolute atomic E-state index is 0.153. The third-order valence-electron chi connectivity index (χ3n) is 4.32. The van der Waals surface area contributed by atoms with E-state index in [0.717, 1.165) is 17.1 Å². The fourth-order valence-electron chi connectivity index (χ4n) is 2.93. The number of amides is 1. The molecule has 7 heteroatoms. The van der Waals surface area contributed by atoms with Gasteiger partial charge in [0.05, 0.1) is 11.4 Å². The molecule has 0 saturated carbocycles. The van der Waals surface area contributed by atoms with Gasteiger partial charge in [-0.05, 0) is 49.3 Å². The lowest BCUT2D eigenvalue weighted by Gasteiger charge is -2.34. The van der Waals surface area contributed by atoms with E-state index in [9.17, 15) is 9.90 Å². The standard InChI is InChI=1S/C19H22N4O2S/c24-19(25)23-12-10-15(11-13-23)21-18(26)22-17-9-5-4-8-16(17)20-14-6-2-1-3-7-14/h1-9,15,20H,10-13H2,(H,24,25)(H2,21,22,26)/p-1. The molecule has 0 bridgehead atoms. The molecular weight excluding hydrogens is 348 g/mol. The second kappa shape index (κ2) is 8.53. The zero-order valence-corrected chi connectivity index (χ0v) is 15.1. The van der Waals surface area contributed by atoms with Gasteiger partial charge in [-0.25, -0.2) is 0 Å². The second-order valence-corrected chi connectivity index (χ2v) is 6.57. The molecule has 6 nitrogen and oxygen atoms in total. The Kier molecular flexibility index (Phi) is 5.91. The number of carbonyl (C=O) groups excluding carboxylic acids is 1. The van der Waals surface area contributed by atoms with E-state index >= 15 is 0 Å². The average Bonchev–Trinajstić information content (AvgIpc) is 2.64. The summed E-state index contributed by atoms with van der Waals surface area (Å²) in [6, 6.07) is 17.9. The van der Waals surface area contributed by atoms with E-state index in [0.29, 0.717) is 31.0 Å². The van der Waals surface area contributed by atoms with Crippen LogP contribution in [0.3, 0.4) is 0 Å². The maximum atomic E-state index is 10.9. The molecule has 1 amide bonds. The molecule has 0 spiro atoms. The molecule has 1 aliphatic rings. The average molecular weight is 369 g/mol. The Bertz CT molecular complexity index is 761. The fourth-order valence-corrected chi connectivity index (χ4v) is 3.20. The first-order valence-electron chi connectivity index (χ1n) is 8.56. The first kappa shape index (κ1) is 18.0. The van der Waals surface area contributed by atoms with Crippen LogP contribution in [0.1, 0.15) is 12.8 Å². The minimum atomic E-state index is -1.11. The maximum absolute atomic E-state index is 10.9. The number of benzene rings is 2. The van der Waals surface area contributed by atoms with Crippen molar-refractivity contribution in [1.82, 2.24) is 10.2 Å². The fraction of sp³-hybridized carbons (Fsp3) is 0.263. The largest absolute Gasteiger partial charge is 0.530 e. The molecule has 26 heavy (non-hydrogen) atoms. The molecule has 0 radical (unpaired) electrons. The molecule has 0 unspecified atom stereocenters. The van der Waals surface area contributed by atoms with Gasteiger partial charge in [-0.1, -0.05) is 30.3 Å². The van der Waals surface area contributed by atoms with E-state index < -0.39 is 6.09 Å². The predicted octanol–water partition coefficient (Wildman–Crippen LogP) is 2.52. The number of likely N-dealkylation sites (tertiary alicyclic amines) is 1. The van der Waals surface area contributed by atoms with E-state index in [1.807, 2.05) is 54.6 Å².